The predicted octanol–water partition coefficient (Wildman–Crippen LogP) is 1.20. The van der Waals surface area contributed by atoms with Crippen molar-refractivity contribution in [1.29, 1.82) is 5.26 Å². The van der Waals surface area contributed by atoms with E-state index in [1.165, 1.54) is 35.6 Å². The highest BCUT2D eigenvalue weighted by molar-refractivity contribution is 7.89. The van der Waals surface area contributed by atoms with Crippen LogP contribution in [0.15, 0.2) is 29.2 Å². The van der Waals surface area contributed by atoms with Crippen LogP contribution >= 0.6 is 0 Å². The molecule has 0 amide bonds. The van der Waals surface area contributed by atoms with E-state index in [2.05, 4.69) is 0 Å². The number of nitriles is 1. The summed E-state index contributed by atoms with van der Waals surface area (Å²) in [5.41, 5.74) is 0.452. The predicted molar refractivity (Wildman–Crippen MR) is 56.6 cm³/mol. The van der Waals surface area contributed by atoms with Gasteiger partial charge in [-0.1, -0.05) is 6.92 Å². The molecule has 0 atom stereocenters. The summed E-state index contributed by atoms with van der Waals surface area (Å²) < 4.78 is 24.9. The Morgan fingerprint density at radius 2 is 1.87 bits per heavy atom. The maximum Gasteiger partial charge on any atom is 0.242 e. The van der Waals surface area contributed by atoms with Crippen LogP contribution in [0.1, 0.15) is 12.5 Å². The number of benzene rings is 1. The fraction of sp³-hybridized carbons (Fsp3) is 0.300. The topological polar surface area (TPSA) is 61.2 Å². The molecule has 0 spiro atoms. The smallest absolute Gasteiger partial charge is 0.207 e. The molecular weight excluding hydrogens is 212 g/mol. The van der Waals surface area contributed by atoms with Gasteiger partial charge < -0.3 is 0 Å². The lowest BCUT2D eigenvalue weighted by molar-refractivity contribution is 0.486. The number of rotatable bonds is 3. The molecule has 4 nitrogen and oxygen atoms in total. The van der Waals surface area contributed by atoms with Crippen molar-refractivity contribution in [3.05, 3.63) is 29.8 Å². The standard InChI is InChI=1S/C10H12N2O2S/c1-3-12(2)15(13,14)10-6-4-9(8-11)5-7-10/h4-7H,3H2,1-2H3. The molecule has 0 radical (unpaired) electrons. The van der Waals surface area contributed by atoms with Crippen molar-refractivity contribution in [3.63, 3.8) is 0 Å². The molecule has 80 valence electrons. The normalized spacial score (nSPS) is 11.3. The Morgan fingerprint density at radius 1 is 1.33 bits per heavy atom. The molecule has 0 unspecified atom stereocenters. The molecule has 1 rings (SSSR count). The van der Waals surface area contributed by atoms with Crippen LogP contribution in [0.25, 0.3) is 0 Å². The number of sulfonamides is 1. The third kappa shape index (κ3) is 2.35. The van der Waals surface area contributed by atoms with Crippen LogP contribution in [0.5, 0.6) is 0 Å². The van der Waals surface area contributed by atoms with Crippen LogP contribution in [0.3, 0.4) is 0 Å². The van der Waals surface area contributed by atoms with Crippen molar-refractivity contribution < 1.29 is 8.42 Å². The van der Waals surface area contributed by atoms with E-state index in [-0.39, 0.29) is 4.90 Å². The third-order valence-corrected chi connectivity index (χ3v) is 4.08. The summed E-state index contributed by atoms with van der Waals surface area (Å²) >= 11 is 0. The van der Waals surface area contributed by atoms with Crippen LogP contribution in [-0.4, -0.2) is 26.3 Å². The molecule has 1 aromatic carbocycles. The number of nitrogens with zero attached hydrogens (tertiary/aromatic N) is 2. The van der Waals surface area contributed by atoms with Gasteiger partial charge in [-0.15, -0.1) is 0 Å². The van der Waals surface area contributed by atoms with Gasteiger partial charge in [0.2, 0.25) is 10.0 Å². The average Bonchev–Trinajstić information content (AvgIpc) is 2.28. The largest absolute Gasteiger partial charge is 0.242 e. The molecule has 0 saturated carbocycles. The number of hydrogen-bond donors (Lipinski definition) is 0. The zero-order valence-electron chi connectivity index (χ0n) is 8.64. The maximum atomic E-state index is 11.8. The first-order chi connectivity index (χ1) is 7.02. The Balaban J connectivity index is 3.13. The van der Waals surface area contributed by atoms with E-state index in [0.29, 0.717) is 12.1 Å². The van der Waals surface area contributed by atoms with Gasteiger partial charge >= 0.3 is 0 Å². The molecule has 0 aliphatic rings. The molecule has 0 bridgehead atoms. The second-order valence-corrected chi connectivity index (χ2v) is 5.10. The average molecular weight is 224 g/mol. The van der Waals surface area contributed by atoms with Gasteiger partial charge in [0.1, 0.15) is 0 Å². The molecule has 0 aliphatic heterocycles. The quantitative estimate of drug-likeness (QED) is 0.775. The van der Waals surface area contributed by atoms with Crippen molar-refractivity contribution in [1.82, 2.24) is 4.31 Å². The molecule has 15 heavy (non-hydrogen) atoms. The summed E-state index contributed by atoms with van der Waals surface area (Å²) in [4.78, 5) is 0.214. The Kier molecular flexibility index (Phi) is 3.45. The lowest BCUT2D eigenvalue weighted by atomic mass is 10.2. The fourth-order valence-electron chi connectivity index (χ4n) is 1.05. The van der Waals surface area contributed by atoms with E-state index >= 15 is 0 Å². The van der Waals surface area contributed by atoms with Gasteiger partial charge in [0, 0.05) is 13.6 Å². The summed E-state index contributed by atoms with van der Waals surface area (Å²) in [5, 5.41) is 8.58. The first kappa shape index (κ1) is 11.7. The van der Waals surface area contributed by atoms with Crippen LogP contribution in [-0.2, 0) is 10.0 Å². The molecule has 0 aliphatic carbocycles. The molecule has 5 heteroatoms. The van der Waals surface area contributed by atoms with Crippen molar-refractivity contribution in [2.24, 2.45) is 0 Å². The minimum atomic E-state index is -3.39. The maximum absolute atomic E-state index is 11.8. The third-order valence-electron chi connectivity index (χ3n) is 2.14. The van der Waals surface area contributed by atoms with Crippen molar-refractivity contribution in [2.45, 2.75) is 11.8 Å². The summed E-state index contributed by atoms with van der Waals surface area (Å²) in [6.45, 7) is 2.18. The minimum Gasteiger partial charge on any atom is -0.207 e. The van der Waals surface area contributed by atoms with E-state index in [9.17, 15) is 8.42 Å². The van der Waals surface area contributed by atoms with E-state index in [0.717, 1.165) is 0 Å². The Bertz CT molecular complexity index is 471. The fourth-order valence-corrected chi connectivity index (χ4v) is 2.23. The molecule has 1 aromatic rings. The highest BCUT2D eigenvalue weighted by Crippen LogP contribution is 2.14. The highest BCUT2D eigenvalue weighted by Gasteiger charge is 2.18. The summed E-state index contributed by atoms with van der Waals surface area (Å²) in [5.74, 6) is 0. The van der Waals surface area contributed by atoms with Gasteiger partial charge in [-0.25, -0.2) is 12.7 Å². The molecule has 0 heterocycles. The van der Waals surface area contributed by atoms with E-state index in [1.54, 1.807) is 6.92 Å². The van der Waals surface area contributed by atoms with Gasteiger partial charge in [0.05, 0.1) is 16.5 Å². The summed E-state index contributed by atoms with van der Waals surface area (Å²) in [6.07, 6.45) is 0. The van der Waals surface area contributed by atoms with Crippen LogP contribution in [0.4, 0.5) is 0 Å². The Morgan fingerprint density at radius 3 is 2.27 bits per heavy atom. The summed E-state index contributed by atoms with van der Waals surface area (Å²) in [6, 6.07) is 7.82. The van der Waals surface area contributed by atoms with E-state index in [4.69, 9.17) is 5.26 Å². The minimum absolute atomic E-state index is 0.214. The van der Waals surface area contributed by atoms with Crippen LogP contribution in [0.2, 0.25) is 0 Å². The van der Waals surface area contributed by atoms with E-state index < -0.39 is 10.0 Å². The van der Waals surface area contributed by atoms with Crippen LogP contribution < -0.4 is 0 Å². The second-order valence-electron chi connectivity index (χ2n) is 3.06. The van der Waals surface area contributed by atoms with Crippen molar-refractivity contribution >= 4 is 10.0 Å². The first-order valence-corrected chi connectivity index (χ1v) is 5.93. The monoisotopic (exact) mass is 224 g/mol. The van der Waals surface area contributed by atoms with Crippen LogP contribution in [0, 0.1) is 11.3 Å². The molecule has 0 N–H and O–H groups in total. The summed E-state index contributed by atoms with van der Waals surface area (Å²) in [7, 11) is -1.87. The van der Waals surface area contributed by atoms with Crippen molar-refractivity contribution in [2.75, 3.05) is 13.6 Å². The SMILES string of the molecule is CCN(C)S(=O)(=O)c1ccc(C#N)cc1. The molecular formula is C10H12N2O2S. The lowest BCUT2D eigenvalue weighted by Gasteiger charge is -2.14. The Labute approximate surface area is 89.8 Å². The van der Waals surface area contributed by atoms with Gasteiger partial charge in [-0.2, -0.15) is 5.26 Å². The second kappa shape index (κ2) is 4.43. The number of hydrogen-bond acceptors (Lipinski definition) is 3. The lowest BCUT2D eigenvalue weighted by Crippen LogP contribution is -2.26. The van der Waals surface area contributed by atoms with Gasteiger partial charge in [0.15, 0.2) is 0 Å². The van der Waals surface area contributed by atoms with Gasteiger partial charge in [-0.3, -0.25) is 0 Å². The van der Waals surface area contributed by atoms with Crippen molar-refractivity contribution in [3.8, 4) is 6.07 Å². The molecule has 0 saturated heterocycles. The highest BCUT2D eigenvalue weighted by atomic mass is 32.2. The van der Waals surface area contributed by atoms with Gasteiger partial charge in [-0.05, 0) is 24.3 Å². The zero-order valence-corrected chi connectivity index (χ0v) is 9.45. The molecule has 0 aromatic heterocycles. The zero-order chi connectivity index (χ0) is 11.5. The van der Waals surface area contributed by atoms with E-state index in [1.807, 2.05) is 6.07 Å². The molecule has 0 fully saturated rings. The van der Waals surface area contributed by atoms with Gasteiger partial charge in [0.25, 0.3) is 0 Å². The Hall–Kier alpha value is -1.38. The first-order valence-electron chi connectivity index (χ1n) is 4.49.